The Balaban J connectivity index is 3.17. The molecule has 2 radical (unpaired) electrons. The van der Waals surface area contributed by atoms with Crippen molar-refractivity contribution in [1.29, 1.82) is 0 Å². The fourth-order valence-corrected chi connectivity index (χ4v) is 0.561. The van der Waals surface area contributed by atoms with Gasteiger partial charge < -0.3 is 5.73 Å². The number of nitrogens with one attached hydrogen (secondary N) is 1. The van der Waals surface area contributed by atoms with E-state index < -0.39 is 0 Å². The first-order chi connectivity index (χ1) is 4.18. The molecule has 44 valence electrons. The number of nitrogens with zero attached hydrogens (tertiary/aromatic N) is 2. The number of hydrogen-bond acceptors (Lipinski definition) is 3. The van der Waals surface area contributed by atoms with Crippen LogP contribution in [0.3, 0.4) is 0 Å². The summed E-state index contributed by atoms with van der Waals surface area (Å²) in [6, 6.07) is 0. The fraction of sp³-hybridized carbons (Fsp3) is 0.250. The maximum absolute atomic E-state index is 5.27. The summed E-state index contributed by atoms with van der Waals surface area (Å²) in [5.41, 5.74) is 5.47. The Hall–Kier alpha value is -1.13. The minimum absolute atomic E-state index is 0.198. The van der Waals surface area contributed by atoms with E-state index in [-0.39, 0.29) is 5.72 Å². The number of aromatic amines is 1. The summed E-state index contributed by atoms with van der Waals surface area (Å²) in [4.78, 5) is 10.1. The van der Waals surface area contributed by atoms with Crippen LogP contribution in [0.25, 0.3) is 0 Å². The molecule has 0 aliphatic carbocycles. The van der Waals surface area contributed by atoms with Crippen LogP contribution in [0.2, 0.25) is 0 Å². The van der Waals surface area contributed by atoms with Crippen LogP contribution in [0.1, 0.15) is 5.82 Å². The highest BCUT2D eigenvalue weighted by Gasteiger charge is 2.00. The quantitative estimate of drug-likeness (QED) is 0.402. The van der Waals surface area contributed by atoms with Crippen molar-refractivity contribution >= 4 is 19.5 Å². The lowest BCUT2D eigenvalue weighted by Crippen LogP contribution is -2.27. The standard InChI is InChI=1S/C4H5BN4/c1-2-7-3(5)9-4(6)8-2/h1H3,(H2,6,7,8,9)/p+1. The van der Waals surface area contributed by atoms with Gasteiger partial charge in [-0.3, -0.25) is 0 Å². The molecule has 0 bridgehead atoms. The van der Waals surface area contributed by atoms with Crippen molar-refractivity contribution in [2.45, 2.75) is 6.92 Å². The third-order valence-electron chi connectivity index (χ3n) is 0.826. The van der Waals surface area contributed by atoms with E-state index in [0.717, 1.165) is 0 Å². The van der Waals surface area contributed by atoms with Crippen LogP contribution < -0.4 is 16.4 Å². The predicted octanol–water partition coefficient (Wildman–Crippen LogP) is -2.02. The molecule has 1 aromatic heterocycles. The van der Waals surface area contributed by atoms with Gasteiger partial charge in [0.1, 0.15) is 0 Å². The second-order valence-corrected chi connectivity index (χ2v) is 1.68. The first kappa shape index (κ1) is 6.00. The van der Waals surface area contributed by atoms with E-state index in [9.17, 15) is 0 Å². The largest absolute Gasteiger partial charge is 0.344 e. The highest BCUT2D eigenvalue weighted by Crippen LogP contribution is 1.75. The Bertz CT molecular complexity index is 173. The first-order valence-electron chi connectivity index (χ1n) is 2.47. The van der Waals surface area contributed by atoms with Crippen molar-refractivity contribution in [3.8, 4) is 0 Å². The zero-order chi connectivity index (χ0) is 6.85. The molecule has 0 amide bonds. The minimum atomic E-state index is 0.198. The molecule has 1 rings (SSSR count). The number of H-pyrrole nitrogens is 1. The molecule has 0 unspecified atom stereocenters. The zero-order valence-corrected chi connectivity index (χ0v) is 5.05. The Morgan fingerprint density at radius 2 is 2.22 bits per heavy atom. The summed E-state index contributed by atoms with van der Waals surface area (Å²) in [5, 5.41) is 0. The van der Waals surface area contributed by atoms with Crippen LogP contribution in [0.15, 0.2) is 0 Å². The molecule has 0 spiro atoms. The molecule has 4 nitrogen and oxygen atoms in total. The molecule has 5 heteroatoms. The zero-order valence-electron chi connectivity index (χ0n) is 5.05. The second kappa shape index (κ2) is 2.01. The van der Waals surface area contributed by atoms with E-state index in [2.05, 4.69) is 15.0 Å². The van der Waals surface area contributed by atoms with E-state index >= 15 is 0 Å². The van der Waals surface area contributed by atoms with Crippen molar-refractivity contribution in [1.82, 2.24) is 9.97 Å². The summed E-state index contributed by atoms with van der Waals surface area (Å²) < 4.78 is 0. The van der Waals surface area contributed by atoms with Crippen LogP contribution in [0.5, 0.6) is 0 Å². The molecule has 0 aliphatic heterocycles. The number of anilines is 1. The number of rotatable bonds is 0. The maximum Gasteiger partial charge on any atom is 0.344 e. The molecule has 0 atom stereocenters. The fourth-order valence-electron chi connectivity index (χ4n) is 0.561. The lowest BCUT2D eigenvalue weighted by molar-refractivity contribution is -0.379. The summed E-state index contributed by atoms with van der Waals surface area (Å²) >= 11 is 0. The Kier molecular flexibility index (Phi) is 1.34. The molecular formula is C4H6BN4+. The van der Waals surface area contributed by atoms with Crippen LogP contribution >= 0.6 is 0 Å². The van der Waals surface area contributed by atoms with Gasteiger partial charge in [-0.15, -0.1) is 4.98 Å². The van der Waals surface area contributed by atoms with Crippen LogP contribution in [0, 0.1) is 6.92 Å². The van der Waals surface area contributed by atoms with Gasteiger partial charge in [0.05, 0.1) is 0 Å². The molecule has 0 saturated carbocycles. The second-order valence-electron chi connectivity index (χ2n) is 1.68. The van der Waals surface area contributed by atoms with Gasteiger partial charge in [-0.05, 0) is 0 Å². The average Bonchev–Trinajstić information content (AvgIpc) is 1.59. The SMILES string of the molecule is [B]c1nc(C)[nH+]c(N)n1. The number of hydrogen-bond donors (Lipinski definition) is 1. The summed E-state index contributed by atoms with van der Waals surface area (Å²) in [6.45, 7) is 1.76. The van der Waals surface area contributed by atoms with Crippen molar-refractivity contribution in [3.63, 3.8) is 0 Å². The lowest BCUT2D eigenvalue weighted by Gasteiger charge is -1.87. The number of aryl methyl sites for hydroxylation is 1. The van der Waals surface area contributed by atoms with Gasteiger partial charge in [0.25, 0.3) is 0 Å². The van der Waals surface area contributed by atoms with Crippen molar-refractivity contribution in [3.05, 3.63) is 5.82 Å². The summed E-state index contributed by atoms with van der Waals surface area (Å²) in [7, 11) is 5.24. The monoisotopic (exact) mass is 121 g/mol. The number of nitrogen functional groups attached to an aromatic ring is 1. The molecule has 0 saturated heterocycles. The number of nitrogens with two attached hydrogens (primary N) is 1. The molecule has 9 heavy (non-hydrogen) atoms. The normalized spacial score (nSPS) is 9.44. The van der Waals surface area contributed by atoms with Gasteiger partial charge in [0, 0.05) is 6.92 Å². The molecule has 0 aliphatic rings. The van der Waals surface area contributed by atoms with E-state index in [0.29, 0.717) is 11.8 Å². The van der Waals surface area contributed by atoms with Gasteiger partial charge in [-0.2, -0.15) is 0 Å². The topological polar surface area (TPSA) is 65.9 Å². The molecule has 1 aromatic rings. The third-order valence-corrected chi connectivity index (χ3v) is 0.826. The van der Waals surface area contributed by atoms with Crippen molar-refractivity contribution in [2.75, 3.05) is 5.73 Å². The Morgan fingerprint density at radius 3 is 2.67 bits per heavy atom. The minimum Gasteiger partial charge on any atom is -0.308 e. The van der Waals surface area contributed by atoms with Gasteiger partial charge in [-0.1, -0.05) is 4.98 Å². The van der Waals surface area contributed by atoms with Crippen molar-refractivity contribution in [2.24, 2.45) is 0 Å². The van der Waals surface area contributed by atoms with E-state index in [4.69, 9.17) is 13.6 Å². The van der Waals surface area contributed by atoms with Gasteiger partial charge in [0.15, 0.2) is 5.72 Å². The molecular weight excluding hydrogens is 115 g/mol. The average molecular weight is 121 g/mol. The molecule has 3 N–H and O–H groups in total. The van der Waals surface area contributed by atoms with Crippen LogP contribution in [-0.4, -0.2) is 17.8 Å². The van der Waals surface area contributed by atoms with Crippen LogP contribution in [-0.2, 0) is 0 Å². The summed E-state index contributed by atoms with van der Waals surface area (Å²) in [6.07, 6.45) is 0. The number of aromatic nitrogens is 3. The molecule has 0 fully saturated rings. The third kappa shape index (κ3) is 1.38. The van der Waals surface area contributed by atoms with Gasteiger partial charge in [0.2, 0.25) is 13.7 Å². The highest BCUT2D eigenvalue weighted by molar-refractivity contribution is 6.28. The van der Waals surface area contributed by atoms with Gasteiger partial charge in [-0.25, -0.2) is 4.98 Å². The summed E-state index contributed by atoms with van der Waals surface area (Å²) in [5.74, 6) is 0.958. The highest BCUT2D eigenvalue weighted by atomic mass is 15.1. The van der Waals surface area contributed by atoms with Crippen molar-refractivity contribution < 1.29 is 4.98 Å². The first-order valence-corrected chi connectivity index (χ1v) is 2.47. The Morgan fingerprint density at radius 1 is 1.56 bits per heavy atom. The van der Waals surface area contributed by atoms with E-state index in [1.54, 1.807) is 6.92 Å². The Labute approximate surface area is 53.9 Å². The lowest BCUT2D eigenvalue weighted by atomic mass is 10.1. The smallest absolute Gasteiger partial charge is 0.308 e. The molecule has 0 aromatic carbocycles. The predicted molar refractivity (Wildman–Crippen MR) is 33.1 cm³/mol. The van der Waals surface area contributed by atoms with E-state index in [1.165, 1.54) is 0 Å². The van der Waals surface area contributed by atoms with Gasteiger partial charge >= 0.3 is 5.95 Å². The van der Waals surface area contributed by atoms with E-state index in [1.807, 2.05) is 0 Å². The molecule has 1 heterocycles. The van der Waals surface area contributed by atoms with Crippen LogP contribution in [0.4, 0.5) is 5.95 Å². The maximum atomic E-state index is 5.27.